The van der Waals surface area contributed by atoms with E-state index in [1.807, 2.05) is 51.1 Å². The monoisotopic (exact) mass is 573 g/mol. The van der Waals surface area contributed by atoms with Crippen molar-refractivity contribution in [3.8, 4) is 0 Å². The van der Waals surface area contributed by atoms with Gasteiger partial charge in [-0.25, -0.2) is 9.59 Å². The van der Waals surface area contributed by atoms with Crippen LogP contribution in [0.4, 0.5) is 4.79 Å². The summed E-state index contributed by atoms with van der Waals surface area (Å²) in [5, 5.41) is -0.00232. The van der Waals surface area contributed by atoms with Gasteiger partial charge in [0.15, 0.2) is 8.32 Å². The third-order valence-corrected chi connectivity index (χ3v) is 13.8. The molecule has 1 aromatic rings. The van der Waals surface area contributed by atoms with E-state index in [0.29, 0.717) is 37.1 Å². The number of carbonyl (C=O) groups is 2. The van der Waals surface area contributed by atoms with E-state index < -0.39 is 25.6 Å². The van der Waals surface area contributed by atoms with Crippen LogP contribution in [0.5, 0.6) is 0 Å². The van der Waals surface area contributed by atoms with Crippen molar-refractivity contribution in [2.75, 3.05) is 6.54 Å². The van der Waals surface area contributed by atoms with Crippen molar-refractivity contribution in [1.82, 2.24) is 4.90 Å². The van der Waals surface area contributed by atoms with E-state index >= 15 is 0 Å². The van der Waals surface area contributed by atoms with E-state index in [0.717, 1.165) is 24.8 Å². The van der Waals surface area contributed by atoms with Crippen molar-refractivity contribution in [1.29, 1.82) is 0 Å². The molecule has 3 rings (SSSR count). The van der Waals surface area contributed by atoms with Crippen LogP contribution in [0.1, 0.15) is 93.6 Å². The second kappa shape index (κ2) is 12.2. The molecule has 2 aliphatic rings. The fourth-order valence-corrected chi connectivity index (χ4v) is 7.38. The van der Waals surface area contributed by atoms with Crippen molar-refractivity contribution in [3.05, 3.63) is 35.9 Å². The van der Waals surface area contributed by atoms with Crippen LogP contribution in [0.3, 0.4) is 0 Å². The zero-order valence-corrected chi connectivity index (χ0v) is 28.0. The topological polar surface area (TPSA) is 65.1 Å². The number of hydrogen-bond donors (Lipinski definition) is 0. The summed E-state index contributed by atoms with van der Waals surface area (Å²) in [6, 6.07) is 9.95. The van der Waals surface area contributed by atoms with Gasteiger partial charge in [-0.15, -0.1) is 0 Å². The predicted octanol–water partition coefficient (Wildman–Crippen LogP) is 8.00. The quantitative estimate of drug-likeness (QED) is 0.244. The third-order valence-electron chi connectivity index (χ3n) is 9.29. The molecule has 6 nitrogen and oxygen atoms in total. The van der Waals surface area contributed by atoms with Gasteiger partial charge in [0.1, 0.15) is 17.2 Å². The van der Waals surface area contributed by atoms with Crippen molar-refractivity contribution in [2.45, 2.75) is 136 Å². The molecule has 0 bridgehead atoms. The van der Waals surface area contributed by atoms with Crippen molar-refractivity contribution in [2.24, 2.45) is 17.8 Å². The van der Waals surface area contributed by atoms with Crippen LogP contribution in [0, 0.1) is 17.8 Å². The summed E-state index contributed by atoms with van der Waals surface area (Å²) < 4.78 is 19.3. The predicted molar refractivity (Wildman–Crippen MR) is 164 cm³/mol. The highest BCUT2D eigenvalue weighted by Crippen LogP contribution is 2.44. The van der Waals surface area contributed by atoms with Crippen LogP contribution in [-0.2, 0) is 25.1 Å². The molecule has 40 heavy (non-hydrogen) atoms. The summed E-state index contributed by atoms with van der Waals surface area (Å²) in [6.45, 7) is 23.6. The van der Waals surface area contributed by atoms with E-state index in [4.69, 9.17) is 13.9 Å². The van der Waals surface area contributed by atoms with Gasteiger partial charge in [-0.05, 0) is 75.1 Å². The van der Waals surface area contributed by atoms with E-state index in [1.54, 1.807) is 4.90 Å². The number of hydrogen-bond acceptors (Lipinski definition) is 5. The summed E-state index contributed by atoms with van der Waals surface area (Å²) in [5.74, 6) is 0.895. The molecular weight excluding hydrogens is 518 g/mol. The SMILES string of the molecule is CC(C)[C@H]1CC[C@H](C)C[C@@H]1OC(=O)[C@@]1(Cc2ccccc2)C[C@@H](O[Si](C)(C)C(C)(C)C)CN1C(=O)OC(C)(C)C. The normalized spacial score (nSPS) is 28.1. The smallest absolute Gasteiger partial charge is 0.411 e. The number of likely N-dealkylation sites (tertiary alicyclic amines) is 1. The van der Waals surface area contributed by atoms with Crippen LogP contribution >= 0.6 is 0 Å². The van der Waals surface area contributed by atoms with E-state index in [-0.39, 0.29) is 23.2 Å². The molecule has 7 heteroatoms. The van der Waals surface area contributed by atoms with Crippen LogP contribution in [-0.4, -0.2) is 55.2 Å². The standard InChI is InChI=1S/C33H55NO5Si/c1-23(2)27-18-17-24(3)19-28(27)37-29(35)33(20-25-15-13-12-14-16-25)21-26(39-40(10,11)32(7,8)9)22-34(33)30(36)38-31(4,5)6/h12-16,23-24,26-28H,17-22H2,1-11H3/t24-,26+,27+,28-,33+/m0/s1. The van der Waals surface area contributed by atoms with Gasteiger partial charge in [0.05, 0.1) is 12.6 Å². The highest BCUT2D eigenvalue weighted by atomic mass is 28.4. The van der Waals surface area contributed by atoms with Crippen molar-refractivity contribution < 1.29 is 23.5 Å². The molecule has 1 aromatic carbocycles. The Bertz CT molecular complexity index is 1010. The van der Waals surface area contributed by atoms with Gasteiger partial charge >= 0.3 is 12.1 Å². The Morgan fingerprint density at radius 3 is 2.23 bits per heavy atom. The molecule has 0 spiro atoms. The fraction of sp³-hybridized carbons (Fsp3) is 0.758. The lowest BCUT2D eigenvalue weighted by atomic mass is 9.75. The third kappa shape index (κ3) is 7.70. The maximum absolute atomic E-state index is 14.6. The minimum absolute atomic E-state index is 0.00232. The molecule has 1 amide bonds. The Kier molecular flexibility index (Phi) is 9.93. The fourth-order valence-electron chi connectivity index (χ4n) is 6.03. The first-order chi connectivity index (χ1) is 18.3. The second-order valence-electron chi connectivity index (χ2n) is 15.3. The van der Waals surface area contributed by atoms with Crippen molar-refractivity contribution in [3.63, 3.8) is 0 Å². The largest absolute Gasteiger partial charge is 0.460 e. The summed E-state index contributed by atoms with van der Waals surface area (Å²) in [6.07, 6.45) is 2.87. The maximum Gasteiger partial charge on any atom is 0.411 e. The molecule has 1 aliphatic carbocycles. The molecule has 1 saturated heterocycles. The zero-order valence-electron chi connectivity index (χ0n) is 27.0. The van der Waals surface area contributed by atoms with Crippen LogP contribution in [0.15, 0.2) is 30.3 Å². The lowest BCUT2D eigenvalue weighted by Gasteiger charge is -2.41. The molecule has 1 heterocycles. The number of ether oxygens (including phenoxy) is 2. The Morgan fingerprint density at radius 2 is 1.68 bits per heavy atom. The van der Waals surface area contributed by atoms with Gasteiger partial charge in [-0.1, -0.05) is 78.3 Å². The van der Waals surface area contributed by atoms with Gasteiger partial charge in [-0.2, -0.15) is 0 Å². The molecule has 0 aromatic heterocycles. The van der Waals surface area contributed by atoms with Gasteiger partial charge < -0.3 is 13.9 Å². The second-order valence-corrected chi connectivity index (χ2v) is 20.0. The number of amides is 1. The van der Waals surface area contributed by atoms with Crippen LogP contribution in [0.25, 0.3) is 0 Å². The minimum atomic E-state index is -2.18. The summed E-state index contributed by atoms with van der Waals surface area (Å²) in [4.78, 5) is 30.1. The molecule has 5 atom stereocenters. The molecule has 0 unspecified atom stereocenters. The number of benzene rings is 1. The summed E-state index contributed by atoms with van der Waals surface area (Å²) in [7, 11) is -2.18. The molecule has 0 radical (unpaired) electrons. The highest BCUT2D eigenvalue weighted by Gasteiger charge is 2.58. The minimum Gasteiger partial charge on any atom is -0.460 e. The van der Waals surface area contributed by atoms with E-state index in [1.165, 1.54) is 0 Å². The molecule has 226 valence electrons. The maximum atomic E-state index is 14.6. The molecule has 1 aliphatic heterocycles. The van der Waals surface area contributed by atoms with Gasteiger partial charge in [0.2, 0.25) is 0 Å². The first-order valence-corrected chi connectivity index (χ1v) is 18.2. The first kappa shape index (κ1) is 32.6. The Labute approximate surface area is 244 Å². The Hall–Kier alpha value is -1.86. The lowest BCUT2D eigenvalue weighted by molar-refractivity contribution is -0.168. The van der Waals surface area contributed by atoms with E-state index in [9.17, 15) is 9.59 Å². The number of rotatable bonds is 7. The van der Waals surface area contributed by atoms with Gasteiger partial charge in [-0.3, -0.25) is 4.90 Å². The molecule has 0 N–H and O–H groups in total. The van der Waals surface area contributed by atoms with Crippen LogP contribution in [0.2, 0.25) is 18.1 Å². The lowest BCUT2D eigenvalue weighted by Crippen LogP contribution is -2.57. The molecule has 2 fully saturated rings. The zero-order chi connectivity index (χ0) is 30.1. The molecular formula is C33H55NO5Si. The highest BCUT2D eigenvalue weighted by molar-refractivity contribution is 6.74. The number of nitrogens with zero attached hydrogens (tertiary/aromatic N) is 1. The summed E-state index contributed by atoms with van der Waals surface area (Å²) in [5.41, 5.74) is -0.920. The first-order valence-electron chi connectivity index (χ1n) is 15.3. The van der Waals surface area contributed by atoms with Crippen LogP contribution < -0.4 is 0 Å². The van der Waals surface area contributed by atoms with Crippen molar-refractivity contribution >= 4 is 20.4 Å². The number of esters is 1. The average Bonchev–Trinajstić information content (AvgIpc) is 3.16. The Balaban J connectivity index is 2.06. The molecule has 1 saturated carbocycles. The van der Waals surface area contributed by atoms with Gasteiger partial charge in [0.25, 0.3) is 0 Å². The Morgan fingerprint density at radius 1 is 1.05 bits per heavy atom. The van der Waals surface area contributed by atoms with E-state index in [2.05, 4.69) is 54.6 Å². The van der Waals surface area contributed by atoms with Gasteiger partial charge in [0, 0.05) is 12.8 Å². The average molecular weight is 574 g/mol. The number of carbonyl (C=O) groups excluding carboxylic acids is 2. The summed E-state index contributed by atoms with van der Waals surface area (Å²) >= 11 is 0.